The topological polar surface area (TPSA) is 113 Å². The molecule has 0 amide bonds. The Bertz CT molecular complexity index is 1430. The van der Waals surface area contributed by atoms with E-state index >= 15 is 0 Å². The molecule has 3 rings (SSSR count). The summed E-state index contributed by atoms with van der Waals surface area (Å²) in [6, 6.07) is 32.2. The average Bonchev–Trinajstić information content (AvgIpc) is 2.99. The van der Waals surface area contributed by atoms with Gasteiger partial charge in [-0.1, -0.05) is 61.2 Å². The Kier molecular flexibility index (Phi) is 14.0. The normalized spacial score (nSPS) is 12.7. The molecule has 0 saturated carbocycles. The molecule has 0 unspecified atom stereocenters. The maximum atomic E-state index is 12.8. The van der Waals surface area contributed by atoms with Gasteiger partial charge in [0.25, 0.3) is 5.60 Å². The van der Waals surface area contributed by atoms with E-state index in [1.165, 1.54) is 14.7 Å². The number of esters is 1. The molecule has 0 aliphatic carbocycles. The molecule has 17 heteroatoms. The second-order valence-electron chi connectivity index (χ2n) is 9.53. The zero-order valence-corrected chi connectivity index (χ0v) is 25.8. The lowest BCUT2D eigenvalue weighted by Gasteiger charge is -2.32. The first-order chi connectivity index (χ1) is 21.7. The highest BCUT2D eigenvalue weighted by Gasteiger charge is 2.69. The number of halogens is 8. The highest BCUT2D eigenvalue weighted by atomic mass is 32.2. The first kappa shape index (κ1) is 39.7. The van der Waals surface area contributed by atoms with Crippen molar-refractivity contribution in [3.05, 3.63) is 103 Å². The van der Waals surface area contributed by atoms with Gasteiger partial charge in [-0.3, -0.25) is 0 Å². The van der Waals surface area contributed by atoms with E-state index in [1.54, 1.807) is 0 Å². The van der Waals surface area contributed by atoms with Crippen LogP contribution < -0.4 is 0 Å². The van der Waals surface area contributed by atoms with Gasteiger partial charge in [0.15, 0.2) is 24.8 Å². The van der Waals surface area contributed by atoms with Crippen LogP contribution in [0.2, 0.25) is 0 Å². The van der Waals surface area contributed by atoms with Gasteiger partial charge in [-0.2, -0.15) is 35.1 Å². The Morgan fingerprint density at radius 3 is 1.49 bits per heavy atom. The van der Waals surface area contributed by atoms with Gasteiger partial charge in [-0.05, 0) is 49.2 Å². The third kappa shape index (κ3) is 11.3. The van der Waals surface area contributed by atoms with Gasteiger partial charge < -0.3 is 19.1 Å². The zero-order chi connectivity index (χ0) is 35.5. The summed E-state index contributed by atoms with van der Waals surface area (Å²) in [5.74, 6) is -1.46. The number of aliphatic hydroxyl groups is 1. The van der Waals surface area contributed by atoms with Crippen LogP contribution in [0.5, 0.6) is 0 Å². The van der Waals surface area contributed by atoms with Gasteiger partial charge in [0.2, 0.25) is 0 Å². The summed E-state index contributed by atoms with van der Waals surface area (Å²) < 4.78 is 139. The van der Waals surface area contributed by atoms with Gasteiger partial charge in [0.1, 0.15) is 6.61 Å². The number of benzene rings is 3. The Balaban J connectivity index is 0.000000347. The fourth-order valence-electron chi connectivity index (χ4n) is 3.54. The fourth-order valence-corrected chi connectivity index (χ4v) is 5.87. The molecule has 0 atom stereocenters. The molecule has 258 valence electrons. The van der Waals surface area contributed by atoms with Crippen LogP contribution in [-0.4, -0.2) is 67.1 Å². The van der Waals surface area contributed by atoms with Crippen LogP contribution in [0.3, 0.4) is 0 Å². The van der Waals surface area contributed by atoms with Crippen molar-refractivity contribution in [1.82, 2.24) is 0 Å². The molecule has 0 saturated heterocycles. The largest absolute Gasteiger partial charge is 0.743 e. The van der Waals surface area contributed by atoms with Gasteiger partial charge >= 0.3 is 23.6 Å². The van der Waals surface area contributed by atoms with Gasteiger partial charge in [-0.15, -0.1) is 0 Å². The maximum Gasteiger partial charge on any atom is 0.426 e. The summed E-state index contributed by atoms with van der Waals surface area (Å²) in [4.78, 5) is 15.4. The number of hydrogen-bond acceptors (Lipinski definition) is 7. The summed E-state index contributed by atoms with van der Waals surface area (Å²) in [5.41, 5.74) is -5.77. The summed E-state index contributed by atoms with van der Waals surface area (Å²) >= 11 is 0. The second kappa shape index (κ2) is 16.5. The smallest absolute Gasteiger partial charge is 0.426 e. The molecule has 0 fully saturated rings. The number of hydrogen-bond donors (Lipinski definition) is 1. The lowest BCUT2D eigenvalue weighted by molar-refractivity contribution is -0.370. The summed E-state index contributed by atoms with van der Waals surface area (Å²) in [6.07, 6.45) is -15.1. The van der Waals surface area contributed by atoms with Crippen molar-refractivity contribution < 1.29 is 67.5 Å². The second-order valence-corrected chi connectivity index (χ2v) is 13.1. The highest BCUT2D eigenvalue weighted by Crippen LogP contribution is 2.45. The summed E-state index contributed by atoms with van der Waals surface area (Å²) in [5, 5.41) is 4.03. The lowest BCUT2D eigenvalue weighted by atomic mass is 9.96. The summed E-state index contributed by atoms with van der Waals surface area (Å²) in [7, 11) is -6.05. The van der Waals surface area contributed by atoms with E-state index in [1.807, 2.05) is 0 Å². The molecule has 0 spiro atoms. The first-order valence-electron chi connectivity index (χ1n) is 13.2. The number of rotatable bonds is 13. The standard InChI is InChI=1S/C18H15S.C12H14F8O7S/c1-4-10-16(11-5-1)19(17-12-6-2-7-13-17)18-14-8-3-9-15-18;1-7(5-26-6-10(13,14)28(23,24)25)8(21)27-4-2-3-9(22,11(15,16)17)12(18,19)20/h1-15H;22H,1-6H2,(H,23,24,25)/q+1;/p-1. The van der Waals surface area contributed by atoms with E-state index < -0.39 is 77.5 Å². The van der Waals surface area contributed by atoms with Crippen molar-refractivity contribution in [3.63, 3.8) is 0 Å². The third-order valence-electron chi connectivity index (χ3n) is 5.99. The van der Waals surface area contributed by atoms with E-state index in [4.69, 9.17) is 5.11 Å². The number of carbonyl (C=O) groups excluding carboxylic acids is 1. The Labute approximate surface area is 267 Å². The quantitative estimate of drug-likeness (QED) is 0.0526. The average molecular weight is 717 g/mol. The Hall–Kier alpha value is -3.51. The van der Waals surface area contributed by atoms with E-state index in [0.717, 1.165) is 0 Å². The van der Waals surface area contributed by atoms with Crippen LogP contribution in [0.25, 0.3) is 0 Å². The van der Waals surface area contributed by atoms with Crippen LogP contribution >= 0.6 is 0 Å². The number of ether oxygens (including phenoxy) is 2. The predicted octanol–water partition coefficient (Wildman–Crippen LogP) is 6.66. The van der Waals surface area contributed by atoms with Crippen molar-refractivity contribution in [1.29, 1.82) is 0 Å². The van der Waals surface area contributed by atoms with Crippen molar-refractivity contribution >= 4 is 27.0 Å². The fraction of sp³-hybridized carbons (Fsp3) is 0.300. The molecule has 0 radical (unpaired) electrons. The van der Waals surface area contributed by atoms with Crippen LogP contribution in [0.1, 0.15) is 12.8 Å². The van der Waals surface area contributed by atoms with E-state index in [0.29, 0.717) is 0 Å². The molecule has 1 N–H and O–H groups in total. The Morgan fingerprint density at radius 2 is 1.15 bits per heavy atom. The summed E-state index contributed by atoms with van der Waals surface area (Å²) in [6.45, 7) is -1.07. The minimum atomic E-state index is -6.04. The first-order valence-corrected chi connectivity index (χ1v) is 15.9. The Morgan fingerprint density at radius 1 is 0.766 bits per heavy atom. The zero-order valence-electron chi connectivity index (χ0n) is 24.1. The van der Waals surface area contributed by atoms with Gasteiger partial charge in [-0.25, -0.2) is 13.2 Å². The molecule has 7 nitrogen and oxygen atoms in total. The van der Waals surface area contributed by atoms with Gasteiger partial charge in [0, 0.05) is 0 Å². The molecule has 0 aromatic heterocycles. The van der Waals surface area contributed by atoms with E-state index in [9.17, 15) is 52.9 Å². The van der Waals surface area contributed by atoms with Crippen LogP contribution in [0.15, 0.2) is 118 Å². The third-order valence-corrected chi connectivity index (χ3v) is 9.07. The van der Waals surface area contributed by atoms with Crippen LogP contribution in [-0.2, 0) is 35.3 Å². The van der Waals surface area contributed by atoms with Crippen LogP contribution in [0, 0.1) is 0 Å². The SMILES string of the molecule is C=C(COCC(F)(F)S(=O)(=O)[O-])C(=O)OCCCC(O)(C(F)(F)F)C(F)(F)F.c1ccc([S+](c2ccccc2)c2ccccc2)cc1. The predicted molar refractivity (Wildman–Crippen MR) is 153 cm³/mol. The van der Waals surface area contributed by atoms with Crippen molar-refractivity contribution in [3.8, 4) is 0 Å². The molecule has 0 bridgehead atoms. The highest BCUT2D eigenvalue weighted by molar-refractivity contribution is 7.97. The van der Waals surface area contributed by atoms with E-state index in [2.05, 4.69) is 107 Å². The molecule has 0 heterocycles. The minimum Gasteiger partial charge on any atom is -0.743 e. The molecule has 0 aliphatic heterocycles. The van der Waals surface area contributed by atoms with E-state index in [-0.39, 0.29) is 10.9 Å². The molecule has 0 aliphatic rings. The van der Waals surface area contributed by atoms with Crippen molar-refractivity contribution in [2.45, 2.75) is 50.7 Å². The number of alkyl halides is 8. The minimum absolute atomic E-state index is 0.0146. The number of carbonyl (C=O) groups is 1. The monoisotopic (exact) mass is 716 g/mol. The molecular weight excluding hydrogens is 688 g/mol. The maximum absolute atomic E-state index is 12.8. The van der Waals surface area contributed by atoms with Gasteiger partial charge in [0.05, 0.1) is 29.7 Å². The molecular formula is C30H28F8O7S2. The molecule has 3 aromatic rings. The lowest BCUT2D eigenvalue weighted by Crippen LogP contribution is -2.56. The van der Waals surface area contributed by atoms with Crippen molar-refractivity contribution in [2.75, 3.05) is 19.8 Å². The molecule has 3 aromatic carbocycles. The molecule has 47 heavy (non-hydrogen) atoms. The van der Waals surface area contributed by atoms with Crippen molar-refractivity contribution in [2.24, 2.45) is 0 Å². The van der Waals surface area contributed by atoms with Crippen LogP contribution in [0.4, 0.5) is 35.1 Å².